The van der Waals surface area contributed by atoms with E-state index in [9.17, 15) is 4.79 Å². The van der Waals surface area contributed by atoms with Gasteiger partial charge in [0.05, 0.1) is 18.8 Å². The zero-order chi connectivity index (χ0) is 12.3. The number of rotatable bonds is 5. The molecule has 1 unspecified atom stereocenters. The molecule has 92 valence electrons. The lowest BCUT2D eigenvalue weighted by Gasteiger charge is -2.10. The van der Waals surface area contributed by atoms with E-state index in [1.165, 1.54) is 15.6 Å². The summed E-state index contributed by atoms with van der Waals surface area (Å²) in [6.45, 7) is 3.23. The van der Waals surface area contributed by atoms with E-state index in [1.807, 2.05) is 19.1 Å². The summed E-state index contributed by atoms with van der Waals surface area (Å²) in [5, 5.41) is 7.25. The van der Waals surface area contributed by atoms with Gasteiger partial charge in [-0.15, -0.1) is 0 Å². The van der Waals surface area contributed by atoms with Gasteiger partial charge < -0.3 is 9.73 Å². The number of hydrogen-bond donors (Lipinski definition) is 1. The number of aryl methyl sites for hydroxylation is 1. The first-order valence-corrected chi connectivity index (χ1v) is 5.53. The molecule has 0 radical (unpaired) electrons. The van der Waals surface area contributed by atoms with Crippen LogP contribution in [0.4, 0.5) is 0 Å². The van der Waals surface area contributed by atoms with Gasteiger partial charge in [0.1, 0.15) is 12.1 Å². The molecule has 0 saturated heterocycles. The van der Waals surface area contributed by atoms with Crippen molar-refractivity contribution in [3.05, 3.63) is 41.0 Å². The second kappa shape index (κ2) is 5.01. The fourth-order valence-electron chi connectivity index (χ4n) is 1.60. The molecule has 0 aliphatic rings. The highest BCUT2D eigenvalue weighted by Gasteiger charge is 2.07. The van der Waals surface area contributed by atoms with Crippen LogP contribution in [0.2, 0.25) is 0 Å². The Morgan fingerprint density at radius 3 is 3.00 bits per heavy atom. The lowest BCUT2D eigenvalue weighted by atomic mass is 10.2. The van der Waals surface area contributed by atoms with Crippen LogP contribution in [0, 0.1) is 0 Å². The molecule has 2 aromatic heterocycles. The summed E-state index contributed by atoms with van der Waals surface area (Å²) in [7, 11) is 1.69. The first-order valence-electron chi connectivity index (χ1n) is 5.53. The number of nitrogens with one attached hydrogen (secondary N) is 1. The van der Waals surface area contributed by atoms with E-state index in [2.05, 4.69) is 10.4 Å². The van der Waals surface area contributed by atoms with Crippen molar-refractivity contribution in [3.63, 3.8) is 0 Å². The number of aromatic nitrogens is 3. The van der Waals surface area contributed by atoms with Gasteiger partial charge in [-0.1, -0.05) is 0 Å². The molecule has 0 amide bonds. The van der Waals surface area contributed by atoms with Crippen LogP contribution in [0.15, 0.2) is 33.9 Å². The van der Waals surface area contributed by atoms with E-state index in [0.717, 1.165) is 5.76 Å². The van der Waals surface area contributed by atoms with E-state index >= 15 is 0 Å². The minimum atomic E-state index is -0.0996. The van der Waals surface area contributed by atoms with Crippen molar-refractivity contribution in [2.75, 3.05) is 6.54 Å². The van der Waals surface area contributed by atoms with Crippen LogP contribution in [0.1, 0.15) is 18.7 Å². The highest BCUT2D eigenvalue weighted by Crippen LogP contribution is 2.11. The summed E-state index contributed by atoms with van der Waals surface area (Å²) in [6.07, 6.45) is 3.16. The average Bonchev–Trinajstić information content (AvgIpc) is 2.93. The van der Waals surface area contributed by atoms with Crippen LogP contribution in [-0.4, -0.2) is 20.9 Å². The molecular formula is C11H16N4O2. The number of furan rings is 1. The monoisotopic (exact) mass is 236 g/mol. The highest BCUT2D eigenvalue weighted by atomic mass is 16.3. The molecule has 1 atom stereocenters. The molecule has 2 aromatic rings. The quantitative estimate of drug-likeness (QED) is 0.822. The average molecular weight is 236 g/mol. The Hall–Kier alpha value is -1.82. The summed E-state index contributed by atoms with van der Waals surface area (Å²) in [5.41, 5.74) is -0.0996. The molecule has 2 rings (SSSR count). The van der Waals surface area contributed by atoms with E-state index in [0.29, 0.717) is 13.1 Å². The van der Waals surface area contributed by atoms with Crippen molar-refractivity contribution in [1.82, 2.24) is 19.7 Å². The summed E-state index contributed by atoms with van der Waals surface area (Å²) in [5.74, 6) is 0.887. The van der Waals surface area contributed by atoms with Crippen LogP contribution >= 0.6 is 0 Å². The molecule has 0 aromatic carbocycles. The second-order valence-corrected chi connectivity index (χ2v) is 3.94. The molecule has 0 fully saturated rings. The topological polar surface area (TPSA) is 65.0 Å². The third kappa shape index (κ3) is 2.65. The maximum Gasteiger partial charge on any atom is 0.345 e. The zero-order valence-electron chi connectivity index (χ0n) is 9.96. The third-order valence-electron chi connectivity index (χ3n) is 2.63. The van der Waals surface area contributed by atoms with E-state index in [-0.39, 0.29) is 11.7 Å². The van der Waals surface area contributed by atoms with Crippen molar-refractivity contribution < 1.29 is 4.42 Å². The Labute approximate surface area is 98.9 Å². The third-order valence-corrected chi connectivity index (χ3v) is 2.63. The van der Waals surface area contributed by atoms with E-state index in [4.69, 9.17) is 4.42 Å². The predicted octanol–water partition coefficient (Wildman–Crippen LogP) is 0.526. The fourth-order valence-corrected chi connectivity index (χ4v) is 1.60. The van der Waals surface area contributed by atoms with Crippen LogP contribution in [-0.2, 0) is 13.6 Å². The van der Waals surface area contributed by atoms with Crippen LogP contribution < -0.4 is 11.0 Å². The Bertz CT molecular complexity index is 512. The molecule has 0 spiro atoms. The first kappa shape index (κ1) is 11.7. The SMILES string of the molecule is CC(NCCn1ncn(C)c1=O)c1ccco1. The Morgan fingerprint density at radius 1 is 1.59 bits per heavy atom. The van der Waals surface area contributed by atoms with E-state index in [1.54, 1.807) is 13.3 Å². The number of nitrogens with zero attached hydrogens (tertiary/aromatic N) is 3. The van der Waals surface area contributed by atoms with Crippen LogP contribution in [0.5, 0.6) is 0 Å². The van der Waals surface area contributed by atoms with Gasteiger partial charge in [0.15, 0.2) is 0 Å². The summed E-state index contributed by atoms with van der Waals surface area (Å²) >= 11 is 0. The van der Waals surface area contributed by atoms with Gasteiger partial charge in [-0.25, -0.2) is 9.48 Å². The molecular weight excluding hydrogens is 220 g/mol. The molecule has 1 N–H and O–H groups in total. The normalized spacial score (nSPS) is 12.8. The molecule has 2 heterocycles. The van der Waals surface area contributed by atoms with Crippen LogP contribution in [0.3, 0.4) is 0 Å². The van der Waals surface area contributed by atoms with Gasteiger partial charge >= 0.3 is 5.69 Å². The van der Waals surface area contributed by atoms with Crippen molar-refractivity contribution in [3.8, 4) is 0 Å². The van der Waals surface area contributed by atoms with E-state index < -0.39 is 0 Å². The lowest BCUT2D eigenvalue weighted by molar-refractivity contribution is 0.416. The standard InChI is InChI=1S/C11H16N4O2/c1-9(10-4-3-7-17-10)12-5-6-15-11(16)14(2)8-13-15/h3-4,7-9,12H,5-6H2,1-2H3. The summed E-state index contributed by atoms with van der Waals surface area (Å²) < 4.78 is 8.16. The molecule has 0 aliphatic heterocycles. The fraction of sp³-hybridized carbons (Fsp3) is 0.455. The van der Waals surface area contributed by atoms with Crippen molar-refractivity contribution in [2.45, 2.75) is 19.5 Å². The molecule has 0 aliphatic carbocycles. The maximum absolute atomic E-state index is 11.5. The molecule has 0 bridgehead atoms. The van der Waals surface area contributed by atoms with Gasteiger partial charge in [0.2, 0.25) is 0 Å². The minimum absolute atomic E-state index is 0.0996. The highest BCUT2D eigenvalue weighted by molar-refractivity contribution is 5.02. The molecule has 17 heavy (non-hydrogen) atoms. The predicted molar refractivity (Wildman–Crippen MR) is 62.6 cm³/mol. The smallest absolute Gasteiger partial charge is 0.345 e. The van der Waals surface area contributed by atoms with Gasteiger partial charge in [-0.05, 0) is 19.1 Å². The van der Waals surface area contributed by atoms with Crippen molar-refractivity contribution in [1.29, 1.82) is 0 Å². The first-order chi connectivity index (χ1) is 8.18. The van der Waals surface area contributed by atoms with Gasteiger partial charge in [-0.3, -0.25) is 4.57 Å². The van der Waals surface area contributed by atoms with Gasteiger partial charge in [0.25, 0.3) is 0 Å². The maximum atomic E-state index is 11.5. The summed E-state index contributed by atoms with van der Waals surface area (Å²) in [4.78, 5) is 11.5. The minimum Gasteiger partial charge on any atom is -0.468 e. The number of hydrogen-bond acceptors (Lipinski definition) is 4. The van der Waals surface area contributed by atoms with Crippen LogP contribution in [0.25, 0.3) is 0 Å². The Kier molecular flexibility index (Phi) is 3.43. The van der Waals surface area contributed by atoms with Crippen molar-refractivity contribution in [2.24, 2.45) is 7.05 Å². The molecule has 6 nitrogen and oxygen atoms in total. The second-order valence-electron chi connectivity index (χ2n) is 3.94. The Morgan fingerprint density at radius 2 is 2.41 bits per heavy atom. The lowest BCUT2D eigenvalue weighted by Crippen LogP contribution is -2.29. The van der Waals surface area contributed by atoms with Gasteiger partial charge in [-0.2, -0.15) is 5.10 Å². The van der Waals surface area contributed by atoms with Gasteiger partial charge in [0, 0.05) is 13.6 Å². The largest absolute Gasteiger partial charge is 0.468 e. The molecule has 0 saturated carbocycles. The van der Waals surface area contributed by atoms with Crippen molar-refractivity contribution >= 4 is 0 Å². The molecule has 6 heteroatoms. The zero-order valence-corrected chi connectivity index (χ0v) is 9.96. The summed E-state index contributed by atoms with van der Waals surface area (Å²) in [6, 6.07) is 3.91. The Balaban J connectivity index is 1.84.